The summed E-state index contributed by atoms with van der Waals surface area (Å²) >= 11 is 3.34. The fourth-order valence-electron chi connectivity index (χ4n) is 1.80. The van der Waals surface area contributed by atoms with E-state index in [4.69, 9.17) is 5.73 Å². The fourth-order valence-corrected chi connectivity index (χ4v) is 2.04. The number of aromatic nitrogens is 2. The van der Waals surface area contributed by atoms with Crippen LogP contribution in [0.4, 0.5) is 18.9 Å². The summed E-state index contributed by atoms with van der Waals surface area (Å²) in [5, 5.41) is 4.19. The number of benzene rings is 1. The summed E-state index contributed by atoms with van der Waals surface area (Å²) < 4.78 is 40.7. The highest BCUT2D eigenvalue weighted by molar-refractivity contribution is 9.10. The SMILES string of the molecule is Cc1nn(-c2ccc(N)c(C(F)(F)F)c2)c(C)c1Br. The molecule has 0 bridgehead atoms. The van der Waals surface area contributed by atoms with Gasteiger partial charge in [0.1, 0.15) is 0 Å². The van der Waals surface area contributed by atoms with E-state index < -0.39 is 11.7 Å². The molecule has 0 aliphatic rings. The molecule has 0 saturated carbocycles. The van der Waals surface area contributed by atoms with Crippen molar-refractivity contribution in [1.29, 1.82) is 0 Å². The molecule has 2 N–H and O–H groups in total. The first-order chi connectivity index (χ1) is 8.71. The van der Waals surface area contributed by atoms with Gasteiger partial charge in [-0.05, 0) is 48.0 Å². The minimum atomic E-state index is -4.48. The zero-order valence-corrected chi connectivity index (χ0v) is 11.8. The summed E-state index contributed by atoms with van der Waals surface area (Å²) in [6.07, 6.45) is -4.48. The van der Waals surface area contributed by atoms with E-state index >= 15 is 0 Å². The molecule has 3 nitrogen and oxygen atoms in total. The minimum absolute atomic E-state index is 0.295. The monoisotopic (exact) mass is 333 g/mol. The van der Waals surface area contributed by atoms with Gasteiger partial charge in [-0.25, -0.2) is 4.68 Å². The van der Waals surface area contributed by atoms with E-state index in [1.165, 1.54) is 16.8 Å². The van der Waals surface area contributed by atoms with Gasteiger partial charge in [0.25, 0.3) is 0 Å². The number of hydrogen-bond donors (Lipinski definition) is 1. The Balaban J connectivity index is 2.61. The Bertz CT molecular complexity index is 632. The van der Waals surface area contributed by atoms with Gasteiger partial charge in [-0.2, -0.15) is 18.3 Å². The Hall–Kier alpha value is -1.50. The Morgan fingerprint density at radius 2 is 1.89 bits per heavy atom. The van der Waals surface area contributed by atoms with Gasteiger partial charge >= 0.3 is 6.18 Å². The van der Waals surface area contributed by atoms with Crippen LogP contribution in [0, 0.1) is 13.8 Å². The van der Waals surface area contributed by atoms with Crippen molar-refractivity contribution in [2.24, 2.45) is 0 Å². The molecule has 1 heterocycles. The number of rotatable bonds is 1. The Kier molecular flexibility index (Phi) is 3.34. The molecule has 1 aromatic heterocycles. The van der Waals surface area contributed by atoms with Crippen molar-refractivity contribution in [1.82, 2.24) is 9.78 Å². The average Bonchev–Trinajstić information content (AvgIpc) is 2.56. The van der Waals surface area contributed by atoms with Crippen molar-refractivity contribution < 1.29 is 13.2 Å². The van der Waals surface area contributed by atoms with Crippen LogP contribution in [-0.4, -0.2) is 9.78 Å². The lowest BCUT2D eigenvalue weighted by atomic mass is 10.1. The first kappa shape index (κ1) is 13.9. The smallest absolute Gasteiger partial charge is 0.398 e. The van der Waals surface area contributed by atoms with E-state index in [1.54, 1.807) is 13.8 Å². The molecule has 7 heteroatoms. The summed E-state index contributed by atoms with van der Waals surface area (Å²) in [7, 11) is 0. The average molecular weight is 334 g/mol. The Morgan fingerprint density at radius 3 is 2.37 bits per heavy atom. The van der Waals surface area contributed by atoms with Crippen LogP contribution in [0.15, 0.2) is 22.7 Å². The van der Waals surface area contributed by atoms with Gasteiger partial charge in [-0.3, -0.25) is 0 Å². The molecule has 102 valence electrons. The van der Waals surface area contributed by atoms with Crippen LogP contribution in [-0.2, 0) is 6.18 Å². The molecule has 0 unspecified atom stereocenters. The topological polar surface area (TPSA) is 43.8 Å². The van der Waals surface area contributed by atoms with Gasteiger partial charge in [0.2, 0.25) is 0 Å². The lowest BCUT2D eigenvalue weighted by Gasteiger charge is -2.12. The van der Waals surface area contributed by atoms with Crippen molar-refractivity contribution in [2.45, 2.75) is 20.0 Å². The molecule has 0 fully saturated rings. The molecule has 0 atom stereocenters. The molecular formula is C12H11BrF3N3. The summed E-state index contributed by atoms with van der Waals surface area (Å²) in [5.41, 5.74) is 5.99. The first-order valence-corrected chi connectivity index (χ1v) is 6.20. The summed E-state index contributed by atoms with van der Waals surface area (Å²) in [4.78, 5) is 0. The molecule has 2 aromatic rings. The van der Waals surface area contributed by atoms with Crippen LogP contribution >= 0.6 is 15.9 Å². The summed E-state index contributed by atoms with van der Waals surface area (Å²) in [6, 6.07) is 3.75. The second-order valence-corrected chi connectivity index (χ2v) is 4.96. The largest absolute Gasteiger partial charge is 0.418 e. The fraction of sp³-hybridized carbons (Fsp3) is 0.250. The molecule has 0 radical (unpaired) electrons. The second kappa shape index (κ2) is 4.56. The highest BCUT2D eigenvalue weighted by Crippen LogP contribution is 2.35. The van der Waals surface area contributed by atoms with Crippen LogP contribution < -0.4 is 5.73 Å². The third kappa shape index (κ3) is 2.47. The normalized spacial score (nSPS) is 11.9. The number of alkyl halides is 3. The highest BCUT2D eigenvalue weighted by atomic mass is 79.9. The van der Waals surface area contributed by atoms with Crippen molar-refractivity contribution in [3.63, 3.8) is 0 Å². The number of aryl methyl sites for hydroxylation is 1. The van der Waals surface area contributed by atoms with Crippen molar-refractivity contribution in [3.8, 4) is 5.69 Å². The second-order valence-electron chi connectivity index (χ2n) is 4.17. The van der Waals surface area contributed by atoms with Crippen LogP contribution in [0.25, 0.3) is 5.69 Å². The van der Waals surface area contributed by atoms with Crippen molar-refractivity contribution in [2.75, 3.05) is 5.73 Å². The lowest BCUT2D eigenvalue weighted by Crippen LogP contribution is -2.10. The zero-order valence-electron chi connectivity index (χ0n) is 10.2. The number of nitrogens with two attached hydrogens (primary N) is 1. The number of nitrogen functional groups attached to an aromatic ring is 1. The maximum absolute atomic E-state index is 12.8. The van der Waals surface area contributed by atoms with Gasteiger partial charge in [0.15, 0.2) is 0 Å². The number of nitrogens with zero attached hydrogens (tertiary/aromatic N) is 2. The molecule has 0 aliphatic carbocycles. The number of halogens is 4. The zero-order chi connectivity index (χ0) is 14.4. The summed E-state index contributed by atoms with van der Waals surface area (Å²) in [6.45, 7) is 3.54. The van der Waals surface area contributed by atoms with Gasteiger partial charge in [0.05, 0.1) is 27.1 Å². The standard InChI is InChI=1S/C12H11BrF3N3/c1-6-11(13)7(2)19(18-6)8-3-4-10(17)9(5-8)12(14,15)16/h3-5H,17H2,1-2H3. The Labute approximate surface area is 116 Å². The predicted octanol–water partition coefficient (Wildman–Crippen LogP) is 3.85. The molecule has 0 spiro atoms. The maximum Gasteiger partial charge on any atom is 0.418 e. The molecular weight excluding hydrogens is 323 g/mol. The van der Waals surface area contributed by atoms with Crippen molar-refractivity contribution in [3.05, 3.63) is 39.6 Å². The lowest BCUT2D eigenvalue weighted by molar-refractivity contribution is -0.136. The van der Waals surface area contributed by atoms with E-state index in [0.29, 0.717) is 11.4 Å². The van der Waals surface area contributed by atoms with Gasteiger partial charge in [-0.15, -0.1) is 0 Å². The van der Waals surface area contributed by atoms with E-state index in [1.807, 2.05) is 0 Å². The first-order valence-electron chi connectivity index (χ1n) is 5.40. The van der Waals surface area contributed by atoms with Gasteiger partial charge < -0.3 is 5.73 Å². The quantitative estimate of drug-likeness (QED) is 0.805. The van der Waals surface area contributed by atoms with Crippen LogP contribution in [0.3, 0.4) is 0 Å². The molecule has 19 heavy (non-hydrogen) atoms. The number of anilines is 1. The van der Waals surface area contributed by atoms with Crippen LogP contribution in [0.2, 0.25) is 0 Å². The molecule has 1 aromatic carbocycles. The minimum Gasteiger partial charge on any atom is -0.398 e. The molecule has 2 rings (SSSR count). The van der Waals surface area contributed by atoms with E-state index in [-0.39, 0.29) is 5.69 Å². The molecule has 0 saturated heterocycles. The maximum atomic E-state index is 12.8. The molecule has 0 amide bonds. The highest BCUT2D eigenvalue weighted by Gasteiger charge is 2.33. The number of hydrogen-bond acceptors (Lipinski definition) is 2. The summed E-state index contributed by atoms with van der Waals surface area (Å²) in [5.74, 6) is 0. The van der Waals surface area contributed by atoms with Crippen LogP contribution in [0.1, 0.15) is 17.0 Å². The van der Waals surface area contributed by atoms with E-state index in [0.717, 1.165) is 16.2 Å². The van der Waals surface area contributed by atoms with Gasteiger partial charge in [-0.1, -0.05) is 0 Å². The van der Waals surface area contributed by atoms with E-state index in [9.17, 15) is 13.2 Å². The molecule has 0 aliphatic heterocycles. The van der Waals surface area contributed by atoms with Crippen molar-refractivity contribution >= 4 is 21.6 Å². The third-order valence-electron chi connectivity index (χ3n) is 2.79. The van der Waals surface area contributed by atoms with E-state index in [2.05, 4.69) is 21.0 Å². The third-order valence-corrected chi connectivity index (χ3v) is 3.94. The van der Waals surface area contributed by atoms with Gasteiger partial charge in [0, 0.05) is 5.69 Å². The Morgan fingerprint density at radius 1 is 1.26 bits per heavy atom. The van der Waals surface area contributed by atoms with Crippen LogP contribution in [0.5, 0.6) is 0 Å². The predicted molar refractivity (Wildman–Crippen MR) is 70.2 cm³/mol.